The quantitative estimate of drug-likeness (QED) is 0.576. The van der Waals surface area contributed by atoms with Crippen LogP contribution in [0, 0.1) is 0 Å². The number of ether oxygens (including phenoxy) is 2. The van der Waals surface area contributed by atoms with Gasteiger partial charge in [0.05, 0.1) is 6.61 Å². The first kappa shape index (κ1) is 13.5. The normalized spacial score (nSPS) is 10.9. The molecule has 8 heteroatoms. The molecule has 0 aromatic heterocycles. The fourth-order valence-corrected chi connectivity index (χ4v) is 0.658. The fourth-order valence-electron chi connectivity index (χ4n) is 0.658. The van der Waals surface area contributed by atoms with E-state index in [9.17, 15) is 22.8 Å². The number of aliphatic carboxylic acids is 1. The summed E-state index contributed by atoms with van der Waals surface area (Å²) in [7, 11) is 0. The zero-order valence-electron chi connectivity index (χ0n) is 7.54. The van der Waals surface area contributed by atoms with Gasteiger partial charge in [-0.05, 0) is 12.8 Å². The van der Waals surface area contributed by atoms with Crippen molar-refractivity contribution in [3.8, 4) is 0 Å². The molecule has 0 aromatic carbocycles. The highest BCUT2D eigenvalue weighted by Crippen LogP contribution is 2.16. The highest BCUT2D eigenvalue weighted by Gasteiger charge is 2.34. The minimum atomic E-state index is -5.06. The molecule has 0 aliphatic heterocycles. The Hall–Kier alpha value is -1.47. The van der Waals surface area contributed by atoms with Gasteiger partial charge in [-0.3, -0.25) is 4.79 Å². The van der Waals surface area contributed by atoms with E-state index in [1.807, 2.05) is 0 Å². The van der Waals surface area contributed by atoms with E-state index in [4.69, 9.17) is 5.11 Å². The Morgan fingerprint density at radius 3 is 2.27 bits per heavy atom. The first-order valence-corrected chi connectivity index (χ1v) is 3.95. The Balaban J connectivity index is 3.44. The fraction of sp³-hybridized carbons (Fsp3) is 0.714. The third kappa shape index (κ3) is 10.5. The van der Waals surface area contributed by atoms with Gasteiger partial charge in [-0.2, -0.15) is 0 Å². The van der Waals surface area contributed by atoms with Gasteiger partial charge in [-0.1, -0.05) is 0 Å². The number of rotatable bonds is 5. The van der Waals surface area contributed by atoms with Gasteiger partial charge in [-0.25, -0.2) is 4.79 Å². The van der Waals surface area contributed by atoms with E-state index in [1.165, 1.54) is 0 Å². The summed E-state index contributed by atoms with van der Waals surface area (Å²) in [4.78, 5) is 20.3. The van der Waals surface area contributed by atoms with Gasteiger partial charge >= 0.3 is 18.5 Å². The molecule has 15 heavy (non-hydrogen) atoms. The number of carbonyl (C=O) groups excluding carboxylic acids is 1. The predicted octanol–water partition coefficient (Wildman–Crippen LogP) is 1.91. The molecule has 0 aliphatic rings. The van der Waals surface area contributed by atoms with Crippen molar-refractivity contribution in [2.75, 3.05) is 6.61 Å². The first-order chi connectivity index (χ1) is 6.81. The Morgan fingerprint density at radius 1 is 1.20 bits per heavy atom. The van der Waals surface area contributed by atoms with E-state index in [0.717, 1.165) is 0 Å². The van der Waals surface area contributed by atoms with Gasteiger partial charge < -0.3 is 14.6 Å². The average Bonchev–Trinajstić information content (AvgIpc) is 1.99. The molecule has 0 unspecified atom stereocenters. The lowest BCUT2D eigenvalue weighted by Gasteiger charge is -2.07. The minimum Gasteiger partial charge on any atom is -0.481 e. The van der Waals surface area contributed by atoms with Crippen molar-refractivity contribution in [3.63, 3.8) is 0 Å². The van der Waals surface area contributed by atoms with Crippen LogP contribution in [0.5, 0.6) is 0 Å². The number of hydrogen-bond donors (Lipinski definition) is 1. The number of halogens is 3. The smallest absolute Gasteiger partial charge is 0.481 e. The molecule has 0 spiro atoms. The molecule has 0 aromatic rings. The Labute approximate surface area is 82.8 Å². The number of hydrogen-bond acceptors (Lipinski definition) is 4. The van der Waals surface area contributed by atoms with Crippen LogP contribution in [0.1, 0.15) is 19.3 Å². The van der Waals surface area contributed by atoms with Crippen molar-refractivity contribution < 1.29 is 37.3 Å². The van der Waals surface area contributed by atoms with Crippen LogP contribution in [0.25, 0.3) is 0 Å². The average molecular weight is 230 g/mol. The van der Waals surface area contributed by atoms with E-state index in [-0.39, 0.29) is 25.9 Å². The maximum atomic E-state index is 11.4. The van der Waals surface area contributed by atoms with Crippen molar-refractivity contribution >= 4 is 12.1 Å². The highest BCUT2D eigenvalue weighted by atomic mass is 19.4. The summed E-state index contributed by atoms with van der Waals surface area (Å²) in [5, 5.41) is 8.19. The third-order valence-corrected chi connectivity index (χ3v) is 1.20. The maximum Gasteiger partial charge on any atom is 0.577 e. The molecule has 88 valence electrons. The van der Waals surface area contributed by atoms with Crippen LogP contribution in [-0.4, -0.2) is 30.2 Å². The van der Waals surface area contributed by atoms with Crippen LogP contribution in [-0.2, 0) is 14.3 Å². The lowest BCUT2D eigenvalue weighted by atomic mass is 10.2. The molecule has 0 heterocycles. The van der Waals surface area contributed by atoms with E-state index in [1.54, 1.807) is 0 Å². The molecular formula is C7H9F3O5. The molecule has 0 amide bonds. The van der Waals surface area contributed by atoms with Gasteiger partial charge in [0.1, 0.15) is 0 Å². The molecule has 0 aliphatic carbocycles. The molecule has 0 rings (SSSR count). The summed E-state index contributed by atoms with van der Waals surface area (Å²) < 4.78 is 41.1. The number of carboxylic acids is 1. The van der Waals surface area contributed by atoms with Crippen molar-refractivity contribution in [2.24, 2.45) is 0 Å². The van der Waals surface area contributed by atoms with Crippen LogP contribution >= 0.6 is 0 Å². The summed E-state index contributed by atoms with van der Waals surface area (Å²) in [6.07, 6.45) is -6.64. The second-order valence-electron chi connectivity index (χ2n) is 2.50. The van der Waals surface area contributed by atoms with E-state index in [2.05, 4.69) is 9.47 Å². The standard InChI is InChI=1S/C7H9F3O5/c8-7(9,10)15-6(13)14-4-2-1-3-5(11)12/h1-4H2,(H,11,12). The monoisotopic (exact) mass is 230 g/mol. The summed E-state index contributed by atoms with van der Waals surface area (Å²) in [6.45, 7) is -0.303. The van der Waals surface area contributed by atoms with Crippen LogP contribution < -0.4 is 0 Å². The Morgan fingerprint density at radius 2 is 1.80 bits per heavy atom. The molecule has 1 N–H and O–H groups in total. The third-order valence-electron chi connectivity index (χ3n) is 1.20. The summed E-state index contributed by atoms with van der Waals surface area (Å²) in [5.41, 5.74) is 0. The van der Waals surface area contributed by atoms with E-state index in [0.29, 0.717) is 0 Å². The molecular weight excluding hydrogens is 221 g/mol. The predicted molar refractivity (Wildman–Crippen MR) is 40.0 cm³/mol. The van der Waals surface area contributed by atoms with Crippen molar-refractivity contribution in [3.05, 3.63) is 0 Å². The molecule has 0 bridgehead atoms. The zero-order valence-corrected chi connectivity index (χ0v) is 7.54. The highest BCUT2D eigenvalue weighted by molar-refractivity contribution is 5.66. The van der Waals surface area contributed by atoms with Gasteiger partial charge in [-0.15, -0.1) is 13.2 Å². The van der Waals surface area contributed by atoms with Gasteiger partial charge in [0, 0.05) is 6.42 Å². The largest absolute Gasteiger partial charge is 0.577 e. The molecule has 0 atom stereocenters. The maximum absolute atomic E-state index is 11.4. The molecule has 0 fully saturated rings. The SMILES string of the molecule is O=C(O)CCCCOC(=O)OC(F)(F)F. The van der Waals surface area contributed by atoms with Crippen LogP contribution in [0.4, 0.5) is 18.0 Å². The Bertz CT molecular complexity index is 225. The van der Waals surface area contributed by atoms with Crippen LogP contribution in [0.15, 0.2) is 0 Å². The van der Waals surface area contributed by atoms with Gasteiger partial charge in [0.2, 0.25) is 0 Å². The van der Waals surface area contributed by atoms with Gasteiger partial charge in [0.15, 0.2) is 0 Å². The number of carbonyl (C=O) groups is 2. The molecule has 0 saturated heterocycles. The van der Waals surface area contributed by atoms with Crippen LogP contribution in [0.2, 0.25) is 0 Å². The summed E-state index contributed by atoms with van der Waals surface area (Å²) >= 11 is 0. The van der Waals surface area contributed by atoms with E-state index < -0.39 is 18.5 Å². The topological polar surface area (TPSA) is 72.8 Å². The van der Waals surface area contributed by atoms with Crippen molar-refractivity contribution in [1.29, 1.82) is 0 Å². The molecule has 5 nitrogen and oxygen atoms in total. The lowest BCUT2D eigenvalue weighted by molar-refractivity contribution is -0.299. The second-order valence-corrected chi connectivity index (χ2v) is 2.50. The molecule has 0 saturated carbocycles. The van der Waals surface area contributed by atoms with Crippen molar-refractivity contribution in [2.45, 2.75) is 25.6 Å². The van der Waals surface area contributed by atoms with Crippen LogP contribution in [0.3, 0.4) is 0 Å². The van der Waals surface area contributed by atoms with Gasteiger partial charge in [0.25, 0.3) is 0 Å². The first-order valence-electron chi connectivity index (χ1n) is 3.95. The number of unbranched alkanes of at least 4 members (excludes halogenated alkanes) is 1. The van der Waals surface area contributed by atoms with Crippen molar-refractivity contribution in [1.82, 2.24) is 0 Å². The van der Waals surface area contributed by atoms with E-state index >= 15 is 0 Å². The number of alkyl halides is 3. The number of carboxylic acid groups (broad SMARTS) is 1. The minimum absolute atomic E-state index is 0.127. The summed E-state index contributed by atoms with van der Waals surface area (Å²) in [6, 6.07) is 0. The second kappa shape index (κ2) is 6.10. The zero-order chi connectivity index (χ0) is 11.9. The Kier molecular flexibility index (Phi) is 5.50. The lowest BCUT2D eigenvalue weighted by Crippen LogP contribution is -2.20. The summed E-state index contributed by atoms with van der Waals surface area (Å²) in [5.74, 6) is -1.02. The molecule has 0 radical (unpaired) electrons.